The Morgan fingerprint density at radius 3 is 2.59 bits per heavy atom. The maximum atomic E-state index is 13.5. The maximum Gasteiger partial charge on any atom is 0.410 e. The van der Waals surface area contributed by atoms with Gasteiger partial charge in [0.15, 0.2) is 0 Å². The van der Waals surface area contributed by atoms with E-state index in [0.717, 1.165) is 11.3 Å². The smallest absolute Gasteiger partial charge is 0.410 e. The Labute approximate surface area is 131 Å². The van der Waals surface area contributed by atoms with Gasteiger partial charge in [0.25, 0.3) is 0 Å². The molecule has 5 heteroatoms. The van der Waals surface area contributed by atoms with Crippen LogP contribution < -0.4 is 4.90 Å². The summed E-state index contributed by atoms with van der Waals surface area (Å²) >= 11 is 0. The molecule has 1 aliphatic heterocycles. The fraction of sp³-hybridized carbons (Fsp3) is 0.588. The van der Waals surface area contributed by atoms with E-state index in [-0.39, 0.29) is 18.0 Å². The van der Waals surface area contributed by atoms with E-state index >= 15 is 0 Å². The first-order valence-corrected chi connectivity index (χ1v) is 7.68. The molecule has 4 nitrogen and oxygen atoms in total. The zero-order valence-electron chi connectivity index (χ0n) is 14.0. The fourth-order valence-electron chi connectivity index (χ4n) is 2.70. The molecule has 0 spiro atoms. The average Bonchev–Trinajstić information content (AvgIpc) is 2.40. The highest BCUT2D eigenvalue weighted by molar-refractivity contribution is 5.69. The van der Waals surface area contributed by atoms with Crippen LogP contribution in [0, 0.1) is 12.7 Å². The molecule has 1 heterocycles. The van der Waals surface area contributed by atoms with Crippen molar-refractivity contribution >= 4 is 11.8 Å². The number of hydrogen-bond acceptors (Lipinski definition) is 3. The summed E-state index contributed by atoms with van der Waals surface area (Å²) in [5.74, 6) is -0.234. The van der Waals surface area contributed by atoms with Crippen LogP contribution in [0.3, 0.4) is 0 Å². The fourth-order valence-corrected chi connectivity index (χ4v) is 2.70. The van der Waals surface area contributed by atoms with Crippen molar-refractivity contribution < 1.29 is 13.9 Å². The van der Waals surface area contributed by atoms with Crippen LogP contribution in [-0.2, 0) is 4.74 Å². The lowest BCUT2D eigenvalue weighted by atomic mass is 10.1. The van der Waals surface area contributed by atoms with Gasteiger partial charge in [-0.1, -0.05) is 6.07 Å². The van der Waals surface area contributed by atoms with Crippen LogP contribution in [0.2, 0.25) is 0 Å². The van der Waals surface area contributed by atoms with E-state index in [4.69, 9.17) is 4.74 Å². The van der Waals surface area contributed by atoms with E-state index in [1.807, 2.05) is 34.6 Å². The number of carbonyl (C=O) groups excluding carboxylic acids is 1. The minimum atomic E-state index is -0.489. The predicted molar refractivity (Wildman–Crippen MR) is 85.8 cm³/mol. The minimum absolute atomic E-state index is 0.113. The monoisotopic (exact) mass is 308 g/mol. The second-order valence-corrected chi connectivity index (χ2v) is 6.90. The van der Waals surface area contributed by atoms with E-state index in [9.17, 15) is 9.18 Å². The second-order valence-electron chi connectivity index (χ2n) is 6.90. The van der Waals surface area contributed by atoms with Crippen molar-refractivity contribution in [3.63, 3.8) is 0 Å². The number of nitrogens with zero attached hydrogens (tertiary/aromatic N) is 2. The van der Waals surface area contributed by atoms with E-state index in [1.165, 1.54) is 6.07 Å². The number of anilines is 1. The Morgan fingerprint density at radius 1 is 1.32 bits per heavy atom. The molecule has 1 unspecified atom stereocenters. The summed E-state index contributed by atoms with van der Waals surface area (Å²) in [5.41, 5.74) is 1.45. The zero-order valence-corrected chi connectivity index (χ0v) is 14.0. The van der Waals surface area contributed by atoms with Crippen molar-refractivity contribution in [2.75, 3.05) is 24.5 Å². The number of carbonyl (C=O) groups is 1. The van der Waals surface area contributed by atoms with Crippen molar-refractivity contribution in [1.29, 1.82) is 0 Å². The summed E-state index contributed by atoms with van der Waals surface area (Å²) in [6, 6.07) is 4.94. The molecular weight excluding hydrogens is 283 g/mol. The van der Waals surface area contributed by atoms with E-state index in [0.29, 0.717) is 19.6 Å². The number of aryl methyl sites for hydroxylation is 1. The minimum Gasteiger partial charge on any atom is -0.444 e. The summed E-state index contributed by atoms with van der Waals surface area (Å²) in [7, 11) is 0. The Morgan fingerprint density at radius 2 is 2.00 bits per heavy atom. The number of halogens is 1. The number of piperazine rings is 1. The standard InChI is InChI=1S/C17H25FN2O2/c1-12-6-7-14(18)10-15(12)20-9-8-19(11-13(20)2)16(21)22-17(3,4)5/h6-7,10,13H,8-9,11H2,1-5H3. The van der Waals surface area contributed by atoms with Gasteiger partial charge in [-0.3, -0.25) is 0 Å². The van der Waals surface area contributed by atoms with Gasteiger partial charge in [0, 0.05) is 31.4 Å². The largest absolute Gasteiger partial charge is 0.444 e. The Bertz CT molecular complexity index is 554. The first-order chi connectivity index (χ1) is 10.2. The zero-order chi connectivity index (χ0) is 16.5. The van der Waals surface area contributed by atoms with Gasteiger partial charge in [-0.05, 0) is 52.3 Å². The number of hydrogen-bond donors (Lipinski definition) is 0. The molecule has 122 valence electrons. The molecule has 0 saturated carbocycles. The van der Waals surface area contributed by atoms with Crippen LogP contribution in [0.5, 0.6) is 0 Å². The topological polar surface area (TPSA) is 32.8 Å². The summed E-state index contributed by atoms with van der Waals surface area (Å²) < 4.78 is 18.9. The third kappa shape index (κ3) is 3.90. The quantitative estimate of drug-likeness (QED) is 0.795. The average molecular weight is 308 g/mol. The third-order valence-electron chi connectivity index (χ3n) is 3.76. The van der Waals surface area contributed by atoms with Gasteiger partial charge in [0.2, 0.25) is 0 Å². The molecule has 1 aromatic carbocycles. The van der Waals surface area contributed by atoms with Crippen LogP contribution in [0.1, 0.15) is 33.3 Å². The molecule has 1 aliphatic rings. The molecule has 1 saturated heterocycles. The number of ether oxygens (including phenoxy) is 1. The van der Waals surface area contributed by atoms with Crippen LogP contribution in [0.15, 0.2) is 18.2 Å². The Balaban J connectivity index is 2.07. The van der Waals surface area contributed by atoms with Crippen LogP contribution in [-0.4, -0.2) is 42.3 Å². The normalized spacial score (nSPS) is 19.3. The highest BCUT2D eigenvalue weighted by Crippen LogP contribution is 2.26. The lowest BCUT2D eigenvalue weighted by Gasteiger charge is -2.42. The van der Waals surface area contributed by atoms with E-state index in [1.54, 1.807) is 17.0 Å². The lowest BCUT2D eigenvalue weighted by Crippen LogP contribution is -2.54. The van der Waals surface area contributed by atoms with Gasteiger partial charge in [-0.25, -0.2) is 9.18 Å². The van der Waals surface area contributed by atoms with Crippen LogP contribution >= 0.6 is 0 Å². The second kappa shape index (κ2) is 6.15. The van der Waals surface area contributed by atoms with E-state index in [2.05, 4.69) is 4.90 Å². The molecule has 0 bridgehead atoms. The van der Waals surface area contributed by atoms with Gasteiger partial charge in [-0.15, -0.1) is 0 Å². The van der Waals surface area contributed by atoms with Crippen LogP contribution in [0.4, 0.5) is 14.9 Å². The molecule has 22 heavy (non-hydrogen) atoms. The highest BCUT2D eigenvalue weighted by atomic mass is 19.1. The lowest BCUT2D eigenvalue weighted by molar-refractivity contribution is 0.0218. The Kier molecular flexibility index (Phi) is 4.63. The Hall–Kier alpha value is -1.78. The molecular formula is C17H25FN2O2. The van der Waals surface area contributed by atoms with E-state index < -0.39 is 5.60 Å². The van der Waals surface area contributed by atoms with Crippen LogP contribution in [0.25, 0.3) is 0 Å². The maximum absolute atomic E-state index is 13.5. The van der Waals surface area contributed by atoms with Crippen molar-refractivity contribution in [3.05, 3.63) is 29.6 Å². The molecule has 1 amide bonds. The summed E-state index contributed by atoms with van der Waals surface area (Å²) in [5, 5.41) is 0. The SMILES string of the molecule is Cc1ccc(F)cc1N1CCN(C(=O)OC(C)(C)C)CC1C. The van der Waals surface area contributed by atoms with Gasteiger partial charge >= 0.3 is 6.09 Å². The number of amides is 1. The molecule has 0 radical (unpaired) electrons. The number of benzene rings is 1. The van der Waals surface area contributed by atoms with Gasteiger partial charge < -0.3 is 14.5 Å². The first kappa shape index (κ1) is 16.6. The molecule has 1 atom stereocenters. The van der Waals surface area contributed by atoms with Gasteiger partial charge in [-0.2, -0.15) is 0 Å². The van der Waals surface area contributed by atoms with Crippen molar-refractivity contribution in [1.82, 2.24) is 4.90 Å². The molecule has 0 aliphatic carbocycles. The summed E-state index contributed by atoms with van der Waals surface area (Å²) in [6.45, 7) is 11.4. The number of rotatable bonds is 1. The van der Waals surface area contributed by atoms with Crippen molar-refractivity contribution in [3.8, 4) is 0 Å². The molecule has 1 aromatic rings. The summed E-state index contributed by atoms with van der Waals surface area (Å²) in [4.78, 5) is 16.0. The predicted octanol–water partition coefficient (Wildman–Crippen LogP) is 3.58. The summed E-state index contributed by atoms with van der Waals surface area (Å²) in [6.07, 6.45) is -0.282. The van der Waals surface area contributed by atoms with Gasteiger partial charge in [0.05, 0.1) is 0 Å². The molecule has 1 fully saturated rings. The third-order valence-corrected chi connectivity index (χ3v) is 3.76. The molecule has 0 N–H and O–H groups in total. The molecule has 2 rings (SSSR count). The molecule has 0 aromatic heterocycles. The first-order valence-electron chi connectivity index (χ1n) is 7.68. The highest BCUT2D eigenvalue weighted by Gasteiger charge is 2.30. The van der Waals surface area contributed by atoms with Crippen molar-refractivity contribution in [2.45, 2.75) is 46.3 Å². The van der Waals surface area contributed by atoms with Crippen molar-refractivity contribution in [2.24, 2.45) is 0 Å². The van der Waals surface area contributed by atoms with Gasteiger partial charge in [0.1, 0.15) is 11.4 Å².